The number of benzene rings is 1. The molecule has 0 aliphatic carbocycles. The van der Waals surface area contributed by atoms with Crippen molar-refractivity contribution < 1.29 is 26.6 Å². The maximum atomic E-state index is 10.3. The third-order valence-corrected chi connectivity index (χ3v) is 3.25. The lowest BCUT2D eigenvalue weighted by molar-refractivity contribution is 0.0444. The molecule has 1 aromatic rings. The Kier molecular flexibility index (Phi) is 8.95. The van der Waals surface area contributed by atoms with Gasteiger partial charge in [0.15, 0.2) is 0 Å². The first kappa shape index (κ1) is 18.8. The van der Waals surface area contributed by atoms with Crippen molar-refractivity contribution >= 4 is 16.5 Å². The summed E-state index contributed by atoms with van der Waals surface area (Å²) in [4.78, 5) is 0. The Balaban J connectivity index is 1.94. The fourth-order valence-electron chi connectivity index (χ4n) is 1.66. The first-order valence-electron chi connectivity index (χ1n) is 7.00. The number of rotatable bonds is 12. The van der Waals surface area contributed by atoms with Crippen molar-refractivity contribution in [2.24, 2.45) is 0 Å². The molecule has 0 amide bonds. The molecule has 0 fully saturated rings. The van der Waals surface area contributed by atoms with E-state index in [9.17, 15) is 8.42 Å². The molecule has 0 aliphatic rings. The van der Waals surface area contributed by atoms with Gasteiger partial charge >= 0.3 is 10.4 Å². The van der Waals surface area contributed by atoms with E-state index in [4.69, 9.17) is 14.0 Å². The van der Waals surface area contributed by atoms with Crippen LogP contribution >= 0.6 is 0 Å². The van der Waals surface area contributed by atoms with Crippen LogP contribution in [0.5, 0.6) is 0 Å². The monoisotopic (exact) mass is 330 g/mol. The minimum Gasteiger partial charge on any atom is -0.379 e. The van der Waals surface area contributed by atoms with E-state index < -0.39 is 10.4 Å². The Labute approximate surface area is 131 Å². The molecule has 22 heavy (non-hydrogen) atoms. The van der Waals surface area contributed by atoms with Gasteiger partial charge in [0.2, 0.25) is 0 Å². The normalized spacial score (nSPS) is 11.5. The Bertz CT molecular complexity index is 523. The summed E-state index contributed by atoms with van der Waals surface area (Å²) in [5, 5.41) is 0. The minimum atomic E-state index is -4.35. The topological polar surface area (TPSA) is 82.1 Å². The van der Waals surface area contributed by atoms with E-state index in [1.165, 1.54) is 5.56 Å². The molecule has 7 heteroatoms. The Hall–Kier alpha value is -1.25. The second-order valence-electron chi connectivity index (χ2n) is 4.52. The van der Waals surface area contributed by atoms with Crippen molar-refractivity contribution in [2.75, 3.05) is 33.0 Å². The average molecular weight is 330 g/mol. The largest absolute Gasteiger partial charge is 0.397 e. The van der Waals surface area contributed by atoms with E-state index in [1.807, 2.05) is 24.3 Å². The second kappa shape index (κ2) is 10.5. The molecule has 0 unspecified atom stereocenters. The van der Waals surface area contributed by atoms with E-state index in [1.54, 1.807) is 6.08 Å². The van der Waals surface area contributed by atoms with Crippen LogP contribution in [0.25, 0.3) is 6.08 Å². The van der Waals surface area contributed by atoms with Crippen molar-refractivity contribution in [3.8, 4) is 0 Å². The maximum Gasteiger partial charge on any atom is 0.397 e. The van der Waals surface area contributed by atoms with Crippen LogP contribution in [0.15, 0.2) is 30.8 Å². The third kappa shape index (κ3) is 9.64. The molecular formula is C15H22O6S. The Morgan fingerprint density at radius 3 is 2.23 bits per heavy atom. The summed E-state index contributed by atoms with van der Waals surface area (Å²) in [5.41, 5.74) is 2.30. The van der Waals surface area contributed by atoms with Gasteiger partial charge in [0.05, 0.1) is 26.4 Å². The summed E-state index contributed by atoms with van der Waals surface area (Å²) >= 11 is 0. The maximum absolute atomic E-state index is 10.3. The molecule has 124 valence electrons. The Morgan fingerprint density at radius 1 is 1.00 bits per heavy atom. The molecule has 0 aliphatic heterocycles. The predicted octanol–water partition coefficient (Wildman–Crippen LogP) is 2.11. The SMILES string of the molecule is C=Cc1ccc(CCOCCOCCCOS(=O)(=O)O)cc1. The summed E-state index contributed by atoms with van der Waals surface area (Å²) in [6.07, 6.45) is 3.02. The highest BCUT2D eigenvalue weighted by atomic mass is 32.3. The summed E-state index contributed by atoms with van der Waals surface area (Å²) in [7, 11) is -4.35. The van der Waals surface area contributed by atoms with Gasteiger partial charge in [-0.05, 0) is 24.0 Å². The van der Waals surface area contributed by atoms with Crippen molar-refractivity contribution in [3.63, 3.8) is 0 Å². The number of hydrogen-bond acceptors (Lipinski definition) is 5. The van der Waals surface area contributed by atoms with Crippen LogP contribution < -0.4 is 0 Å². The molecule has 0 saturated heterocycles. The van der Waals surface area contributed by atoms with Crippen LogP contribution in [0.1, 0.15) is 17.5 Å². The quantitative estimate of drug-likeness (QED) is 0.467. The molecule has 0 atom stereocenters. The van der Waals surface area contributed by atoms with Crippen LogP contribution in [0.3, 0.4) is 0 Å². The standard InChI is InChI=1S/C15H22O6S/c1-2-14-4-6-15(7-5-14)8-11-20-13-12-19-9-3-10-21-22(16,17)18/h2,4-7H,1,3,8-13H2,(H,16,17,18). The molecule has 0 spiro atoms. The lowest BCUT2D eigenvalue weighted by atomic mass is 10.1. The summed E-state index contributed by atoms with van der Waals surface area (Å²) < 4.78 is 43.7. The molecule has 1 N–H and O–H groups in total. The van der Waals surface area contributed by atoms with Gasteiger partial charge < -0.3 is 9.47 Å². The van der Waals surface area contributed by atoms with Crippen LogP contribution in [0.2, 0.25) is 0 Å². The predicted molar refractivity (Wildman–Crippen MR) is 84.0 cm³/mol. The van der Waals surface area contributed by atoms with Gasteiger partial charge in [0, 0.05) is 6.61 Å². The van der Waals surface area contributed by atoms with E-state index in [0.717, 1.165) is 12.0 Å². The van der Waals surface area contributed by atoms with Gasteiger partial charge in [-0.3, -0.25) is 4.55 Å². The fourth-order valence-corrected chi connectivity index (χ4v) is 1.99. The lowest BCUT2D eigenvalue weighted by Crippen LogP contribution is -2.10. The molecule has 1 rings (SSSR count). The van der Waals surface area contributed by atoms with Crippen molar-refractivity contribution in [2.45, 2.75) is 12.8 Å². The summed E-state index contributed by atoms with van der Waals surface area (Å²) in [6, 6.07) is 8.12. The summed E-state index contributed by atoms with van der Waals surface area (Å²) in [5.74, 6) is 0. The first-order valence-corrected chi connectivity index (χ1v) is 8.36. The average Bonchev–Trinajstić information content (AvgIpc) is 2.48. The van der Waals surface area contributed by atoms with Gasteiger partial charge in [-0.1, -0.05) is 36.9 Å². The van der Waals surface area contributed by atoms with Gasteiger partial charge in [0.1, 0.15) is 0 Å². The molecule has 0 radical (unpaired) electrons. The van der Waals surface area contributed by atoms with E-state index >= 15 is 0 Å². The second-order valence-corrected chi connectivity index (χ2v) is 5.61. The molecule has 1 aromatic carbocycles. The van der Waals surface area contributed by atoms with E-state index in [-0.39, 0.29) is 6.61 Å². The van der Waals surface area contributed by atoms with Crippen LogP contribution in [0, 0.1) is 0 Å². The molecule has 0 bridgehead atoms. The molecule has 6 nitrogen and oxygen atoms in total. The summed E-state index contributed by atoms with van der Waals surface area (Å²) in [6.45, 7) is 5.48. The third-order valence-electron chi connectivity index (χ3n) is 2.79. The first-order chi connectivity index (χ1) is 10.5. The zero-order valence-electron chi connectivity index (χ0n) is 12.4. The molecular weight excluding hydrogens is 308 g/mol. The smallest absolute Gasteiger partial charge is 0.379 e. The minimum absolute atomic E-state index is 0.0968. The molecule has 0 heterocycles. The van der Waals surface area contributed by atoms with Gasteiger partial charge in [0.25, 0.3) is 0 Å². The zero-order valence-corrected chi connectivity index (χ0v) is 13.3. The van der Waals surface area contributed by atoms with Crippen molar-refractivity contribution in [3.05, 3.63) is 42.0 Å². The number of hydrogen-bond donors (Lipinski definition) is 1. The Morgan fingerprint density at radius 2 is 1.64 bits per heavy atom. The lowest BCUT2D eigenvalue weighted by Gasteiger charge is -2.06. The molecule has 0 aromatic heterocycles. The van der Waals surface area contributed by atoms with Gasteiger partial charge in [-0.15, -0.1) is 0 Å². The molecule has 0 saturated carbocycles. The number of ether oxygens (including phenoxy) is 2. The van der Waals surface area contributed by atoms with E-state index in [0.29, 0.717) is 32.8 Å². The van der Waals surface area contributed by atoms with Gasteiger partial charge in [-0.25, -0.2) is 4.18 Å². The van der Waals surface area contributed by atoms with Crippen LogP contribution in [-0.4, -0.2) is 46.0 Å². The fraction of sp³-hybridized carbons (Fsp3) is 0.467. The van der Waals surface area contributed by atoms with Gasteiger partial charge in [-0.2, -0.15) is 8.42 Å². The highest BCUT2D eigenvalue weighted by molar-refractivity contribution is 7.80. The van der Waals surface area contributed by atoms with Crippen molar-refractivity contribution in [1.82, 2.24) is 0 Å². The van der Waals surface area contributed by atoms with E-state index in [2.05, 4.69) is 10.8 Å². The van der Waals surface area contributed by atoms with Crippen LogP contribution in [-0.2, 0) is 30.5 Å². The van der Waals surface area contributed by atoms with Crippen LogP contribution in [0.4, 0.5) is 0 Å². The highest BCUT2D eigenvalue weighted by Crippen LogP contribution is 2.06. The van der Waals surface area contributed by atoms with Crippen molar-refractivity contribution in [1.29, 1.82) is 0 Å². The highest BCUT2D eigenvalue weighted by Gasteiger charge is 2.02. The zero-order chi connectivity index (χ0) is 16.3.